The van der Waals surface area contributed by atoms with Gasteiger partial charge in [0.15, 0.2) is 5.58 Å². The molecule has 3 N–H and O–H groups in total. The number of furan rings is 1. The molecule has 4 rings (SSSR count). The van der Waals surface area contributed by atoms with Gasteiger partial charge in [-0.05, 0) is 24.1 Å². The van der Waals surface area contributed by atoms with Gasteiger partial charge >= 0.3 is 11.9 Å². The van der Waals surface area contributed by atoms with E-state index in [0.29, 0.717) is 12.2 Å². The average Bonchev–Trinajstić information content (AvgIpc) is 3.22. The van der Waals surface area contributed by atoms with E-state index in [1.165, 1.54) is 11.6 Å². The van der Waals surface area contributed by atoms with Crippen molar-refractivity contribution < 1.29 is 28.6 Å². The lowest BCUT2D eigenvalue weighted by atomic mass is 10.0. The average molecular weight is 426 g/mol. The van der Waals surface area contributed by atoms with Crippen molar-refractivity contribution in [2.75, 3.05) is 24.5 Å². The zero-order valence-corrected chi connectivity index (χ0v) is 16.7. The number of hydrogen-bond acceptors (Lipinski definition) is 5. The minimum Gasteiger partial charge on any atom is -0.478 e. The molecule has 1 fully saturated rings. The molecule has 1 aliphatic rings. The molecule has 1 aliphatic heterocycles. The van der Waals surface area contributed by atoms with Crippen LogP contribution in [-0.4, -0.2) is 47.8 Å². The fourth-order valence-electron chi connectivity index (χ4n) is 3.53. The maximum absolute atomic E-state index is 14.0. The Balaban J connectivity index is 0.000000293. The number of nitrogens with zero attached hydrogens (tertiary/aromatic N) is 1. The number of anilines is 1. The van der Waals surface area contributed by atoms with Gasteiger partial charge in [0, 0.05) is 49.3 Å². The first-order chi connectivity index (χ1) is 14.9. The maximum atomic E-state index is 14.0. The van der Waals surface area contributed by atoms with Crippen LogP contribution in [0.25, 0.3) is 11.0 Å². The summed E-state index contributed by atoms with van der Waals surface area (Å²) in [6, 6.07) is 15.6. The fourth-order valence-corrected chi connectivity index (χ4v) is 3.53. The molecule has 31 heavy (non-hydrogen) atoms. The summed E-state index contributed by atoms with van der Waals surface area (Å²) in [5, 5.41) is 19.9. The highest BCUT2D eigenvalue weighted by atomic mass is 19.1. The zero-order valence-electron chi connectivity index (χ0n) is 16.7. The van der Waals surface area contributed by atoms with E-state index < -0.39 is 11.9 Å². The summed E-state index contributed by atoms with van der Waals surface area (Å²) in [4.78, 5) is 21.4. The normalized spacial score (nSPS) is 16.2. The molecule has 0 spiro atoms. The summed E-state index contributed by atoms with van der Waals surface area (Å²) < 4.78 is 19.6. The number of rotatable bonds is 5. The van der Waals surface area contributed by atoms with Gasteiger partial charge in [0.05, 0.1) is 12.0 Å². The number of carboxylic acids is 2. The molecule has 162 valence electrons. The molecule has 8 heteroatoms. The molecule has 0 saturated carbocycles. The van der Waals surface area contributed by atoms with Crippen molar-refractivity contribution in [3.8, 4) is 0 Å². The lowest BCUT2D eigenvalue weighted by Crippen LogP contribution is -2.52. The van der Waals surface area contributed by atoms with Crippen LogP contribution in [0.5, 0.6) is 0 Å². The predicted molar refractivity (Wildman–Crippen MR) is 115 cm³/mol. The van der Waals surface area contributed by atoms with Crippen LogP contribution < -0.4 is 10.2 Å². The molecule has 1 saturated heterocycles. The number of benzene rings is 2. The van der Waals surface area contributed by atoms with E-state index in [4.69, 9.17) is 14.6 Å². The lowest BCUT2D eigenvalue weighted by molar-refractivity contribution is -0.134. The Morgan fingerprint density at radius 3 is 2.52 bits per heavy atom. The molecule has 1 aromatic heterocycles. The maximum Gasteiger partial charge on any atom is 0.328 e. The van der Waals surface area contributed by atoms with Crippen molar-refractivity contribution in [2.24, 2.45) is 0 Å². The van der Waals surface area contributed by atoms with Crippen LogP contribution in [0.2, 0.25) is 0 Å². The SMILES string of the molecule is Fc1cc(N2CCNC[C@@H]2Cc2ccccc2)c2occc2c1.O=C(O)/C=C/C(=O)O. The zero-order chi connectivity index (χ0) is 22.2. The number of halogens is 1. The number of piperazine rings is 1. The first kappa shape index (κ1) is 22.0. The second-order valence-electron chi connectivity index (χ2n) is 7.01. The number of aliphatic carboxylic acids is 2. The Kier molecular flexibility index (Phi) is 7.40. The van der Waals surface area contributed by atoms with E-state index in [1.54, 1.807) is 12.3 Å². The second-order valence-corrected chi connectivity index (χ2v) is 7.01. The van der Waals surface area contributed by atoms with Gasteiger partial charge in [0.25, 0.3) is 0 Å². The highest BCUT2D eigenvalue weighted by Gasteiger charge is 2.25. The van der Waals surface area contributed by atoms with Gasteiger partial charge in [-0.3, -0.25) is 0 Å². The van der Waals surface area contributed by atoms with Crippen LogP contribution in [-0.2, 0) is 16.0 Å². The summed E-state index contributed by atoms with van der Waals surface area (Å²) in [7, 11) is 0. The molecule has 2 aromatic carbocycles. The van der Waals surface area contributed by atoms with Crippen molar-refractivity contribution in [3.05, 3.63) is 78.3 Å². The Labute approximate surface area is 178 Å². The summed E-state index contributed by atoms with van der Waals surface area (Å²) >= 11 is 0. The van der Waals surface area contributed by atoms with Crippen LogP contribution in [0.3, 0.4) is 0 Å². The molecule has 0 unspecified atom stereocenters. The van der Waals surface area contributed by atoms with Gasteiger partial charge in [-0.15, -0.1) is 0 Å². The second kappa shape index (κ2) is 10.4. The van der Waals surface area contributed by atoms with Gasteiger partial charge in [-0.1, -0.05) is 30.3 Å². The predicted octanol–water partition coefficient (Wildman–Crippen LogP) is 3.30. The van der Waals surface area contributed by atoms with Gasteiger partial charge < -0.3 is 24.8 Å². The van der Waals surface area contributed by atoms with Gasteiger partial charge in [0.2, 0.25) is 0 Å². The minimum atomic E-state index is -1.26. The quantitative estimate of drug-likeness (QED) is 0.538. The smallest absolute Gasteiger partial charge is 0.328 e. The van der Waals surface area contributed by atoms with E-state index in [9.17, 15) is 14.0 Å². The molecule has 0 aliphatic carbocycles. The molecule has 0 amide bonds. The van der Waals surface area contributed by atoms with E-state index in [0.717, 1.165) is 42.7 Å². The third-order valence-electron chi connectivity index (χ3n) is 4.84. The summed E-state index contributed by atoms with van der Waals surface area (Å²) in [5.74, 6) is -2.73. The number of carbonyl (C=O) groups is 2. The molecule has 3 aromatic rings. The Hall–Kier alpha value is -3.65. The summed E-state index contributed by atoms with van der Waals surface area (Å²) in [6.07, 6.45) is 3.67. The van der Waals surface area contributed by atoms with Crippen LogP contribution in [0, 0.1) is 5.82 Å². The lowest BCUT2D eigenvalue weighted by Gasteiger charge is -2.38. The van der Waals surface area contributed by atoms with E-state index in [-0.39, 0.29) is 11.9 Å². The van der Waals surface area contributed by atoms with Crippen LogP contribution in [0.4, 0.5) is 10.1 Å². The molecule has 2 heterocycles. The van der Waals surface area contributed by atoms with Crippen molar-refractivity contribution in [3.63, 3.8) is 0 Å². The Morgan fingerprint density at radius 1 is 1.13 bits per heavy atom. The standard InChI is InChI=1S/C19H19FN2O.C4H4O4/c20-16-11-15-6-9-23-19(15)18(12-16)22-8-7-21-13-17(22)10-14-4-2-1-3-5-14;5-3(6)1-2-4(7)8/h1-6,9,11-12,17,21H,7-8,10,13H2;1-2H,(H,5,6)(H,7,8)/b;2-1+/t17-;/m0./s1. The van der Waals surface area contributed by atoms with E-state index >= 15 is 0 Å². The monoisotopic (exact) mass is 426 g/mol. The van der Waals surface area contributed by atoms with Crippen molar-refractivity contribution in [1.82, 2.24) is 5.32 Å². The van der Waals surface area contributed by atoms with Crippen molar-refractivity contribution in [2.45, 2.75) is 12.5 Å². The first-order valence-corrected chi connectivity index (χ1v) is 9.76. The van der Waals surface area contributed by atoms with Crippen molar-refractivity contribution >= 4 is 28.6 Å². The largest absolute Gasteiger partial charge is 0.478 e. The van der Waals surface area contributed by atoms with Crippen LogP contribution >= 0.6 is 0 Å². The first-order valence-electron chi connectivity index (χ1n) is 9.76. The Morgan fingerprint density at radius 2 is 1.84 bits per heavy atom. The van der Waals surface area contributed by atoms with E-state index in [1.807, 2.05) is 12.1 Å². The van der Waals surface area contributed by atoms with Crippen LogP contribution in [0.15, 0.2) is 71.4 Å². The molecular formula is C23H23FN2O5. The molecule has 0 radical (unpaired) electrons. The van der Waals surface area contributed by atoms with Gasteiger partial charge in [-0.2, -0.15) is 0 Å². The molecular weight excluding hydrogens is 403 g/mol. The number of hydrogen-bond donors (Lipinski definition) is 3. The summed E-state index contributed by atoms with van der Waals surface area (Å²) in [6.45, 7) is 2.62. The fraction of sp³-hybridized carbons (Fsp3) is 0.217. The third-order valence-corrected chi connectivity index (χ3v) is 4.84. The summed E-state index contributed by atoms with van der Waals surface area (Å²) in [5.41, 5.74) is 2.91. The highest BCUT2D eigenvalue weighted by Crippen LogP contribution is 2.31. The number of carboxylic acid groups (broad SMARTS) is 2. The molecule has 1 atom stereocenters. The van der Waals surface area contributed by atoms with E-state index in [2.05, 4.69) is 34.5 Å². The van der Waals surface area contributed by atoms with Crippen molar-refractivity contribution in [1.29, 1.82) is 0 Å². The molecule has 0 bridgehead atoms. The van der Waals surface area contributed by atoms with Crippen LogP contribution in [0.1, 0.15) is 5.56 Å². The minimum absolute atomic E-state index is 0.217. The topological polar surface area (TPSA) is 103 Å². The Bertz CT molecular complexity index is 1050. The third kappa shape index (κ3) is 6.16. The van der Waals surface area contributed by atoms with Gasteiger partial charge in [-0.25, -0.2) is 14.0 Å². The van der Waals surface area contributed by atoms with Gasteiger partial charge in [0.1, 0.15) is 5.82 Å². The number of nitrogens with one attached hydrogen (secondary N) is 1. The highest BCUT2D eigenvalue weighted by molar-refractivity contribution is 5.90. The molecule has 7 nitrogen and oxygen atoms in total. The number of fused-ring (bicyclic) bond motifs is 1.